The first-order chi connectivity index (χ1) is 5.00. The van der Waals surface area contributed by atoms with Crippen molar-refractivity contribution in [3.8, 4) is 0 Å². The zero-order valence-electron chi connectivity index (χ0n) is 5.93. The summed E-state index contributed by atoms with van der Waals surface area (Å²) in [5.74, 6) is -1.56. The van der Waals surface area contributed by atoms with E-state index in [2.05, 4.69) is 0 Å². The number of carboxylic acids is 1. The van der Waals surface area contributed by atoms with E-state index in [9.17, 15) is 14.9 Å². The topological polar surface area (TPSA) is 101 Å². The van der Waals surface area contributed by atoms with Crippen LogP contribution >= 0.6 is 0 Å². The molecule has 6 nitrogen and oxygen atoms in total. The average molecular weight is 163 g/mol. The molecule has 0 saturated heterocycles. The van der Waals surface area contributed by atoms with Gasteiger partial charge in [0.15, 0.2) is 0 Å². The van der Waals surface area contributed by atoms with Gasteiger partial charge < -0.3 is 10.2 Å². The molecule has 0 aromatic carbocycles. The van der Waals surface area contributed by atoms with Gasteiger partial charge in [-0.1, -0.05) is 6.92 Å². The maximum absolute atomic E-state index is 10.1. The van der Waals surface area contributed by atoms with E-state index in [1.54, 1.807) is 0 Å². The summed E-state index contributed by atoms with van der Waals surface area (Å²) in [5, 5.41) is 27.0. The zero-order chi connectivity index (χ0) is 9.02. The number of rotatable bonds is 4. The van der Waals surface area contributed by atoms with Crippen LogP contribution in [0.25, 0.3) is 0 Å². The molecule has 0 spiro atoms. The lowest BCUT2D eigenvalue weighted by atomic mass is 10.1. The van der Waals surface area contributed by atoms with E-state index in [0.29, 0.717) is 0 Å². The summed E-state index contributed by atoms with van der Waals surface area (Å²) >= 11 is 0. The molecule has 0 radical (unpaired) electrons. The van der Waals surface area contributed by atoms with E-state index in [0.717, 1.165) is 0 Å². The van der Waals surface area contributed by atoms with Crippen molar-refractivity contribution in [2.45, 2.75) is 25.5 Å². The fourth-order valence-corrected chi connectivity index (χ4v) is 0.652. The van der Waals surface area contributed by atoms with Gasteiger partial charge in [-0.05, 0) is 0 Å². The predicted molar refractivity (Wildman–Crippen MR) is 34.7 cm³/mol. The molecule has 0 unspecified atom stereocenters. The highest BCUT2D eigenvalue weighted by molar-refractivity contribution is 5.72. The van der Waals surface area contributed by atoms with E-state index >= 15 is 0 Å². The van der Waals surface area contributed by atoms with Crippen LogP contribution in [0, 0.1) is 10.1 Å². The highest BCUT2D eigenvalue weighted by Crippen LogP contribution is 2.02. The van der Waals surface area contributed by atoms with Gasteiger partial charge in [0, 0.05) is 11.3 Å². The van der Waals surface area contributed by atoms with Gasteiger partial charge in [-0.15, -0.1) is 0 Å². The Morgan fingerprint density at radius 1 is 1.73 bits per heavy atom. The molecule has 6 heteroatoms. The third-order valence-electron chi connectivity index (χ3n) is 1.31. The van der Waals surface area contributed by atoms with E-state index in [1.807, 2.05) is 0 Å². The minimum atomic E-state index is -1.91. The minimum Gasteiger partial charge on any atom is -0.479 e. The second-order valence-corrected chi connectivity index (χ2v) is 2.04. The van der Waals surface area contributed by atoms with Crippen LogP contribution < -0.4 is 0 Å². The van der Waals surface area contributed by atoms with Crippen molar-refractivity contribution in [2.24, 2.45) is 0 Å². The van der Waals surface area contributed by atoms with Crippen molar-refractivity contribution >= 4 is 5.97 Å². The van der Waals surface area contributed by atoms with Gasteiger partial charge in [0.2, 0.25) is 12.1 Å². The van der Waals surface area contributed by atoms with Crippen LogP contribution in [0.3, 0.4) is 0 Å². The largest absolute Gasteiger partial charge is 0.479 e. The molecule has 0 aliphatic carbocycles. The maximum Gasteiger partial charge on any atom is 0.339 e. The Bertz CT molecular complexity index is 168. The highest BCUT2D eigenvalue weighted by atomic mass is 16.6. The van der Waals surface area contributed by atoms with Crippen LogP contribution in [0.5, 0.6) is 0 Å². The molecular formula is C5H9NO5. The monoisotopic (exact) mass is 163 g/mol. The maximum atomic E-state index is 10.1. The quantitative estimate of drug-likeness (QED) is 0.429. The Morgan fingerprint density at radius 3 is 2.27 bits per heavy atom. The normalized spacial score (nSPS) is 15.5. The van der Waals surface area contributed by atoms with Crippen molar-refractivity contribution in [2.75, 3.05) is 0 Å². The lowest BCUT2D eigenvalue weighted by Crippen LogP contribution is -2.38. The summed E-state index contributed by atoms with van der Waals surface area (Å²) in [6.45, 7) is 1.44. The first-order valence-electron chi connectivity index (χ1n) is 3.05. The van der Waals surface area contributed by atoms with E-state index < -0.39 is 23.0 Å². The number of carbonyl (C=O) groups is 1. The molecule has 0 fully saturated rings. The van der Waals surface area contributed by atoms with Crippen molar-refractivity contribution in [3.05, 3.63) is 10.1 Å². The van der Waals surface area contributed by atoms with Gasteiger partial charge in [0.05, 0.1) is 0 Å². The molecule has 0 amide bonds. The number of aliphatic hydroxyl groups is 1. The summed E-state index contributed by atoms with van der Waals surface area (Å²) < 4.78 is 0. The molecule has 0 rings (SSSR count). The second kappa shape index (κ2) is 3.87. The number of aliphatic hydroxyl groups excluding tert-OH is 1. The molecule has 64 valence electrons. The Hall–Kier alpha value is -1.17. The lowest BCUT2D eigenvalue weighted by Gasteiger charge is -2.08. The Balaban J connectivity index is 4.25. The summed E-state index contributed by atoms with van der Waals surface area (Å²) in [5.41, 5.74) is 0. The lowest BCUT2D eigenvalue weighted by molar-refractivity contribution is -0.531. The Morgan fingerprint density at radius 2 is 2.18 bits per heavy atom. The van der Waals surface area contributed by atoms with Crippen LogP contribution in [0.1, 0.15) is 13.3 Å². The van der Waals surface area contributed by atoms with Crippen molar-refractivity contribution in [1.29, 1.82) is 0 Å². The first kappa shape index (κ1) is 9.83. The Labute approximate surface area is 62.6 Å². The van der Waals surface area contributed by atoms with Gasteiger partial charge in [0.25, 0.3) is 0 Å². The molecular weight excluding hydrogens is 154 g/mol. The van der Waals surface area contributed by atoms with Gasteiger partial charge in [-0.3, -0.25) is 10.1 Å². The van der Waals surface area contributed by atoms with Crippen molar-refractivity contribution < 1.29 is 19.9 Å². The fraction of sp³-hybridized carbons (Fsp3) is 0.800. The SMILES string of the molecule is CC[C@H]([C@@H](O)C(=O)O)[N+](=O)[O-]. The third-order valence-corrected chi connectivity index (χ3v) is 1.31. The molecule has 11 heavy (non-hydrogen) atoms. The van der Waals surface area contributed by atoms with Crippen LogP contribution in [-0.4, -0.2) is 33.3 Å². The molecule has 0 aromatic heterocycles. The van der Waals surface area contributed by atoms with Crippen LogP contribution in [0.2, 0.25) is 0 Å². The predicted octanol–water partition coefficient (Wildman–Crippen LogP) is -0.513. The molecule has 0 aliphatic rings. The summed E-state index contributed by atoms with van der Waals surface area (Å²) in [7, 11) is 0. The standard InChI is InChI=1S/C5H9NO5/c1-2-3(6(10)11)4(7)5(8)9/h3-4,7H,2H2,1H3,(H,8,9)/t3-,4-/m1/s1. The van der Waals surface area contributed by atoms with Gasteiger partial charge >= 0.3 is 5.97 Å². The second-order valence-electron chi connectivity index (χ2n) is 2.04. The highest BCUT2D eigenvalue weighted by Gasteiger charge is 2.33. The summed E-state index contributed by atoms with van der Waals surface area (Å²) in [6.07, 6.45) is -1.91. The van der Waals surface area contributed by atoms with Crippen LogP contribution in [0.4, 0.5) is 0 Å². The van der Waals surface area contributed by atoms with E-state index in [4.69, 9.17) is 10.2 Å². The Kier molecular flexibility index (Phi) is 3.46. The third kappa shape index (κ3) is 2.50. The molecule has 2 N–H and O–H groups in total. The number of aliphatic carboxylic acids is 1. The fourth-order valence-electron chi connectivity index (χ4n) is 0.652. The van der Waals surface area contributed by atoms with Crippen molar-refractivity contribution in [3.63, 3.8) is 0 Å². The van der Waals surface area contributed by atoms with Gasteiger partial charge in [0.1, 0.15) is 0 Å². The number of nitrogens with zero attached hydrogens (tertiary/aromatic N) is 1. The van der Waals surface area contributed by atoms with Gasteiger partial charge in [-0.2, -0.15) is 0 Å². The minimum absolute atomic E-state index is 0.000463. The van der Waals surface area contributed by atoms with Crippen molar-refractivity contribution in [1.82, 2.24) is 0 Å². The number of nitro groups is 1. The first-order valence-corrected chi connectivity index (χ1v) is 3.05. The molecule has 0 bridgehead atoms. The average Bonchev–Trinajstić information content (AvgIpc) is 1.88. The summed E-state index contributed by atoms with van der Waals surface area (Å²) in [6, 6.07) is -1.41. The van der Waals surface area contributed by atoms with E-state index in [-0.39, 0.29) is 6.42 Å². The van der Waals surface area contributed by atoms with E-state index in [1.165, 1.54) is 6.92 Å². The van der Waals surface area contributed by atoms with Crippen LogP contribution in [0.15, 0.2) is 0 Å². The molecule has 0 aliphatic heterocycles. The summed E-state index contributed by atoms with van der Waals surface area (Å²) in [4.78, 5) is 19.3. The van der Waals surface area contributed by atoms with Gasteiger partial charge in [-0.25, -0.2) is 4.79 Å². The number of carboxylic acid groups (broad SMARTS) is 1. The molecule has 0 aromatic rings. The number of hydrogen-bond donors (Lipinski definition) is 2. The van der Waals surface area contributed by atoms with Crippen LogP contribution in [-0.2, 0) is 4.79 Å². The molecule has 0 heterocycles. The molecule has 2 atom stereocenters. The smallest absolute Gasteiger partial charge is 0.339 e. The number of hydrogen-bond acceptors (Lipinski definition) is 4. The zero-order valence-corrected chi connectivity index (χ0v) is 5.93. The molecule has 0 saturated carbocycles.